The number of nitrogens with zero attached hydrogens (tertiary/aromatic N) is 1. The Hall–Kier alpha value is -2.42. The second kappa shape index (κ2) is 8.52. The van der Waals surface area contributed by atoms with Gasteiger partial charge in [0.2, 0.25) is 15.9 Å². The van der Waals surface area contributed by atoms with Crippen molar-refractivity contribution in [2.24, 2.45) is 0 Å². The highest BCUT2D eigenvalue weighted by Crippen LogP contribution is 2.28. The number of carboxylic acid groups (broad SMARTS) is 1. The van der Waals surface area contributed by atoms with Crippen LogP contribution in [0.25, 0.3) is 11.1 Å². The molecule has 2 aromatic carbocycles. The largest absolute Gasteiger partial charge is 0.480 e. The van der Waals surface area contributed by atoms with Gasteiger partial charge in [0.25, 0.3) is 0 Å². The van der Waals surface area contributed by atoms with E-state index in [4.69, 9.17) is 11.6 Å². The third-order valence-corrected chi connectivity index (χ3v) is 7.06. The minimum Gasteiger partial charge on any atom is -0.480 e. The zero-order chi connectivity index (χ0) is 21.2. The molecule has 1 aliphatic heterocycles. The van der Waals surface area contributed by atoms with Crippen LogP contribution in [0.4, 0.5) is 0 Å². The SMILES string of the molecule is CC(=O)N[C@@H]1CCN(S(=O)(=O)c2ccc(-c3ccc(Cl)cc3)cc2)[C@@H](C(=O)O)C1. The summed E-state index contributed by atoms with van der Waals surface area (Å²) in [6, 6.07) is 11.9. The van der Waals surface area contributed by atoms with Crippen LogP contribution in [0.5, 0.6) is 0 Å². The van der Waals surface area contributed by atoms with Gasteiger partial charge >= 0.3 is 5.97 Å². The van der Waals surface area contributed by atoms with Gasteiger partial charge in [-0.15, -0.1) is 0 Å². The molecule has 3 rings (SSSR count). The maximum Gasteiger partial charge on any atom is 0.322 e. The summed E-state index contributed by atoms with van der Waals surface area (Å²) in [5, 5.41) is 12.8. The van der Waals surface area contributed by atoms with Crippen molar-refractivity contribution in [2.45, 2.75) is 36.7 Å². The quantitative estimate of drug-likeness (QED) is 0.750. The number of nitrogens with one attached hydrogen (secondary N) is 1. The first kappa shape index (κ1) is 21.3. The zero-order valence-electron chi connectivity index (χ0n) is 15.7. The smallest absolute Gasteiger partial charge is 0.322 e. The average Bonchev–Trinajstić information content (AvgIpc) is 2.68. The first-order valence-corrected chi connectivity index (χ1v) is 10.9. The van der Waals surface area contributed by atoms with E-state index in [2.05, 4.69) is 5.32 Å². The topological polar surface area (TPSA) is 104 Å². The summed E-state index contributed by atoms with van der Waals surface area (Å²) >= 11 is 5.89. The van der Waals surface area contributed by atoms with Gasteiger partial charge in [-0.05, 0) is 48.2 Å². The van der Waals surface area contributed by atoms with Gasteiger partial charge in [0.15, 0.2) is 0 Å². The first-order chi connectivity index (χ1) is 13.7. The van der Waals surface area contributed by atoms with Crippen molar-refractivity contribution in [3.8, 4) is 11.1 Å². The molecule has 1 saturated heterocycles. The Balaban J connectivity index is 1.84. The molecule has 7 nitrogen and oxygen atoms in total. The standard InChI is InChI=1S/C20H21ClN2O5S/c1-13(24)22-17-10-11-23(19(12-17)20(25)26)29(27,28)18-8-4-15(5-9-18)14-2-6-16(21)7-3-14/h2-9,17,19H,10-12H2,1H3,(H,22,24)(H,25,26)/t17-,19-/m1/s1. The monoisotopic (exact) mass is 436 g/mol. The Kier molecular flexibility index (Phi) is 6.26. The van der Waals surface area contributed by atoms with E-state index in [1.807, 2.05) is 12.1 Å². The maximum absolute atomic E-state index is 13.1. The average molecular weight is 437 g/mol. The van der Waals surface area contributed by atoms with Crippen LogP contribution in [0.15, 0.2) is 53.4 Å². The fraction of sp³-hybridized carbons (Fsp3) is 0.300. The van der Waals surface area contributed by atoms with E-state index in [-0.39, 0.29) is 29.8 Å². The summed E-state index contributed by atoms with van der Waals surface area (Å²) in [6.07, 6.45) is 0.377. The minimum atomic E-state index is -4.00. The maximum atomic E-state index is 13.1. The van der Waals surface area contributed by atoms with Crippen LogP contribution in [0.3, 0.4) is 0 Å². The van der Waals surface area contributed by atoms with Crippen LogP contribution >= 0.6 is 11.6 Å². The molecule has 1 heterocycles. The number of sulfonamides is 1. The molecule has 1 amide bonds. The Morgan fingerprint density at radius 2 is 1.62 bits per heavy atom. The highest BCUT2D eigenvalue weighted by molar-refractivity contribution is 7.89. The molecule has 9 heteroatoms. The lowest BCUT2D eigenvalue weighted by atomic mass is 9.99. The summed E-state index contributed by atoms with van der Waals surface area (Å²) in [5.41, 5.74) is 1.71. The molecular weight excluding hydrogens is 416 g/mol. The highest BCUT2D eigenvalue weighted by atomic mass is 35.5. The summed E-state index contributed by atoms with van der Waals surface area (Å²) in [6.45, 7) is 1.37. The number of carbonyl (C=O) groups is 2. The van der Waals surface area contributed by atoms with Crippen molar-refractivity contribution in [1.82, 2.24) is 9.62 Å². The molecule has 2 N–H and O–H groups in total. The predicted molar refractivity (Wildman–Crippen MR) is 109 cm³/mol. The Bertz CT molecular complexity index is 1010. The van der Waals surface area contributed by atoms with Gasteiger partial charge < -0.3 is 10.4 Å². The summed E-state index contributed by atoms with van der Waals surface area (Å²) in [5.74, 6) is -1.50. The van der Waals surface area contributed by atoms with Crippen molar-refractivity contribution in [2.75, 3.05) is 6.54 Å². The fourth-order valence-corrected chi connectivity index (χ4v) is 5.20. The molecular formula is C20H21ClN2O5S. The molecule has 1 fully saturated rings. The fourth-order valence-electron chi connectivity index (χ4n) is 3.47. The molecule has 0 aliphatic carbocycles. The van der Waals surface area contributed by atoms with Crippen molar-refractivity contribution < 1.29 is 23.1 Å². The summed E-state index contributed by atoms with van der Waals surface area (Å²) < 4.78 is 27.2. The number of hydrogen-bond acceptors (Lipinski definition) is 4. The highest BCUT2D eigenvalue weighted by Gasteiger charge is 2.41. The van der Waals surface area contributed by atoms with E-state index in [1.165, 1.54) is 19.1 Å². The number of amides is 1. The van der Waals surface area contributed by atoms with Gasteiger partial charge in [0.05, 0.1) is 4.90 Å². The number of halogens is 1. The molecule has 0 spiro atoms. The van der Waals surface area contributed by atoms with Crippen molar-refractivity contribution in [3.63, 3.8) is 0 Å². The van der Waals surface area contributed by atoms with E-state index >= 15 is 0 Å². The summed E-state index contributed by atoms with van der Waals surface area (Å²) in [4.78, 5) is 23.0. The van der Waals surface area contributed by atoms with Crippen molar-refractivity contribution >= 4 is 33.5 Å². The predicted octanol–water partition coefficient (Wildman–Crippen LogP) is 2.75. The van der Waals surface area contributed by atoms with Gasteiger partial charge in [0, 0.05) is 24.5 Å². The summed E-state index contributed by atoms with van der Waals surface area (Å²) in [7, 11) is -4.00. The number of piperidine rings is 1. The van der Waals surface area contributed by atoms with Crippen LogP contribution in [0.2, 0.25) is 5.02 Å². The third kappa shape index (κ3) is 4.77. The normalized spacial score (nSPS) is 20.2. The van der Waals surface area contributed by atoms with Crippen LogP contribution in [0, 0.1) is 0 Å². The van der Waals surface area contributed by atoms with E-state index in [1.54, 1.807) is 24.3 Å². The second-order valence-corrected chi connectivity index (χ2v) is 9.25. The molecule has 1 aliphatic rings. The number of carbonyl (C=O) groups excluding carboxylic acids is 1. The van der Waals surface area contributed by atoms with Gasteiger partial charge in [-0.3, -0.25) is 9.59 Å². The third-order valence-electron chi connectivity index (χ3n) is 4.88. The van der Waals surface area contributed by atoms with Crippen LogP contribution < -0.4 is 5.32 Å². The Morgan fingerprint density at radius 3 is 2.14 bits per heavy atom. The second-order valence-electron chi connectivity index (χ2n) is 6.92. The van der Waals surface area contributed by atoms with Gasteiger partial charge in [-0.25, -0.2) is 8.42 Å². The number of rotatable bonds is 5. The molecule has 0 unspecified atom stereocenters. The number of carboxylic acids is 1. The molecule has 2 aromatic rings. The van der Waals surface area contributed by atoms with E-state index < -0.39 is 22.0 Å². The van der Waals surface area contributed by atoms with Gasteiger partial charge in [0.1, 0.15) is 6.04 Å². The zero-order valence-corrected chi connectivity index (χ0v) is 17.3. The van der Waals surface area contributed by atoms with Crippen LogP contribution in [0.1, 0.15) is 19.8 Å². The number of hydrogen-bond donors (Lipinski definition) is 2. The molecule has 29 heavy (non-hydrogen) atoms. The van der Waals surface area contributed by atoms with E-state index in [9.17, 15) is 23.1 Å². The Labute approximate surface area is 174 Å². The van der Waals surface area contributed by atoms with Gasteiger partial charge in [-0.1, -0.05) is 35.9 Å². The lowest BCUT2D eigenvalue weighted by Gasteiger charge is -2.36. The molecule has 0 saturated carbocycles. The lowest BCUT2D eigenvalue weighted by Crippen LogP contribution is -2.54. The Morgan fingerprint density at radius 1 is 1.07 bits per heavy atom. The van der Waals surface area contributed by atoms with E-state index in [0.29, 0.717) is 11.4 Å². The van der Waals surface area contributed by atoms with Crippen molar-refractivity contribution in [1.29, 1.82) is 0 Å². The molecule has 2 atom stereocenters. The molecule has 0 bridgehead atoms. The number of benzene rings is 2. The van der Waals surface area contributed by atoms with E-state index in [0.717, 1.165) is 15.4 Å². The lowest BCUT2D eigenvalue weighted by molar-refractivity contribution is -0.143. The molecule has 154 valence electrons. The molecule has 0 aromatic heterocycles. The first-order valence-electron chi connectivity index (χ1n) is 9.06. The molecule has 0 radical (unpaired) electrons. The van der Waals surface area contributed by atoms with Crippen LogP contribution in [-0.2, 0) is 19.6 Å². The van der Waals surface area contributed by atoms with Crippen molar-refractivity contribution in [3.05, 3.63) is 53.6 Å². The minimum absolute atomic E-state index is 0.0170. The number of aliphatic carboxylic acids is 1. The van der Waals surface area contributed by atoms with Crippen LogP contribution in [-0.4, -0.2) is 48.3 Å². The van der Waals surface area contributed by atoms with Gasteiger partial charge in [-0.2, -0.15) is 4.31 Å².